The molecule has 8 heteroatoms. The first-order valence-electron chi connectivity index (χ1n) is 8.59. The Labute approximate surface area is 165 Å². The van der Waals surface area contributed by atoms with Crippen LogP contribution in [-0.2, 0) is 11.2 Å². The molecule has 3 rings (SSSR count). The van der Waals surface area contributed by atoms with Crippen molar-refractivity contribution in [2.45, 2.75) is 20.3 Å². The van der Waals surface area contributed by atoms with Crippen LogP contribution in [-0.4, -0.2) is 15.9 Å². The van der Waals surface area contributed by atoms with Gasteiger partial charge in [-0.15, -0.1) is 0 Å². The summed E-state index contributed by atoms with van der Waals surface area (Å²) in [5.41, 5.74) is 1.80. The number of halogens is 2. The van der Waals surface area contributed by atoms with Gasteiger partial charge in [0.1, 0.15) is 11.6 Å². The van der Waals surface area contributed by atoms with Crippen LogP contribution in [0.1, 0.15) is 19.5 Å². The van der Waals surface area contributed by atoms with E-state index in [-0.39, 0.29) is 17.0 Å². The number of nitrogens with one attached hydrogen (secondary N) is 3. The number of rotatable bonds is 5. The molecule has 28 heavy (non-hydrogen) atoms. The van der Waals surface area contributed by atoms with Crippen LogP contribution in [0.2, 0.25) is 5.02 Å². The van der Waals surface area contributed by atoms with Crippen molar-refractivity contribution in [3.05, 3.63) is 69.5 Å². The minimum Gasteiger partial charge on any atom is -0.354 e. The van der Waals surface area contributed by atoms with Crippen LogP contribution in [0, 0.1) is 5.82 Å². The SMILES string of the molecule is CCc1[nH]c(=O)c(-c2cc(Cl)ccc2F)cc1Nc1ccnc(NC(C)=O)c1. The summed E-state index contributed by atoms with van der Waals surface area (Å²) in [5, 5.41) is 6.13. The summed E-state index contributed by atoms with van der Waals surface area (Å²) in [6.07, 6.45) is 2.10. The first-order chi connectivity index (χ1) is 13.4. The van der Waals surface area contributed by atoms with Gasteiger partial charge >= 0.3 is 0 Å². The van der Waals surface area contributed by atoms with Gasteiger partial charge in [-0.2, -0.15) is 0 Å². The number of benzene rings is 1. The fourth-order valence-electron chi connectivity index (χ4n) is 2.78. The Morgan fingerprint density at radius 1 is 1.21 bits per heavy atom. The maximum Gasteiger partial charge on any atom is 0.256 e. The highest BCUT2D eigenvalue weighted by atomic mass is 35.5. The molecule has 0 aliphatic rings. The zero-order chi connectivity index (χ0) is 20.3. The number of carbonyl (C=O) groups is 1. The van der Waals surface area contributed by atoms with Gasteiger partial charge in [0.2, 0.25) is 5.91 Å². The minimum absolute atomic E-state index is 0.119. The highest BCUT2D eigenvalue weighted by Gasteiger charge is 2.14. The number of H-pyrrole nitrogens is 1. The van der Waals surface area contributed by atoms with Gasteiger partial charge in [0.05, 0.1) is 11.3 Å². The Balaban J connectivity index is 2.05. The molecule has 3 aromatic rings. The lowest BCUT2D eigenvalue weighted by Gasteiger charge is -2.14. The number of pyridine rings is 2. The van der Waals surface area contributed by atoms with E-state index in [9.17, 15) is 14.0 Å². The van der Waals surface area contributed by atoms with E-state index in [4.69, 9.17) is 11.6 Å². The summed E-state index contributed by atoms with van der Waals surface area (Å²) >= 11 is 5.97. The number of carbonyl (C=O) groups excluding carboxylic acids is 1. The average molecular weight is 401 g/mol. The lowest BCUT2D eigenvalue weighted by Crippen LogP contribution is -2.14. The number of nitrogens with zero attached hydrogens (tertiary/aromatic N) is 1. The Bertz CT molecular complexity index is 1100. The molecule has 1 amide bonds. The third-order valence-corrected chi connectivity index (χ3v) is 4.27. The number of aromatic nitrogens is 2. The van der Waals surface area contributed by atoms with Crippen LogP contribution in [0.5, 0.6) is 0 Å². The number of amides is 1. The van der Waals surface area contributed by atoms with E-state index in [1.54, 1.807) is 24.4 Å². The summed E-state index contributed by atoms with van der Waals surface area (Å²) in [5.74, 6) is -0.385. The Morgan fingerprint density at radius 3 is 2.71 bits per heavy atom. The van der Waals surface area contributed by atoms with Crippen molar-refractivity contribution in [1.29, 1.82) is 0 Å². The molecular weight excluding hydrogens is 383 g/mol. The fraction of sp³-hybridized carbons (Fsp3) is 0.150. The van der Waals surface area contributed by atoms with Crippen molar-refractivity contribution in [3.8, 4) is 11.1 Å². The number of hydrogen-bond donors (Lipinski definition) is 3. The van der Waals surface area contributed by atoms with Crippen LogP contribution >= 0.6 is 11.6 Å². The van der Waals surface area contributed by atoms with Crippen molar-refractivity contribution in [3.63, 3.8) is 0 Å². The zero-order valence-corrected chi connectivity index (χ0v) is 16.0. The topological polar surface area (TPSA) is 86.9 Å². The van der Waals surface area contributed by atoms with Crippen LogP contribution in [0.4, 0.5) is 21.6 Å². The summed E-state index contributed by atoms with van der Waals surface area (Å²) in [7, 11) is 0. The van der Waals surface area contributed by atoms with Gasteiger partial charge in [-0.1, -0.05) is 18.5 Å². The lowest BCUT2D eigenvalue weighted by molar-refractivity contribution is -0.114. The van der Waals surface area contributed by atoms with Gasteiger partial charge in [0.15, 0.2) is 0 Å². The maximum atomic E-state index is 14.3. The molecule has 2 heterocycles. The van der Waals surface area contributed by atoms with Crippen LogP contribution in [0.25, 0.3) is 11.1 Å². The zero-order valence-electron chi connectivity index (χ0n) is 15.3. The molecule has 2 aromatic heterocycles. The average Bonchev–Trinajstić information content (AvgIpc) is 2.64. The van der Waals surface area contributed by atoms with Gasteiger partial charge in [0, 0.05) is 41.2 Å². The molecule has 0 bridgehead atoms. The second-order valence-electron chi connectivity index (χ2n) is 6.12. The van der Waals surface area contributed by atoms with E-state index in [1.165, 1.54) is 25.1 Å². The summed E-state index contributed by atoms with van der Waals surface area (Å²) < 4.78 is 14.3. The third-order valence-electron chi connectivity index (χ3n) is 4.04. The molecule has 0 radical (unpaired) electrons. The van der Waals surface area contributed by atoms with Gasteiger partial charge in [0.25, 0.3) is 5.56 Å². The predicted molar refractivity (Wildman–Crippen MR) is 109 cm³/mol. The Hall–Kier alpha value is -3.19. The van der Waals surface area contributed by atoms with Gasteiger partial charge < -0.3 is 15.6 Å². The second kappa shape index (κ2) is 8.22. The number of hydrogen-bond acceptors (Lipinski definition) is 4. The highest BCUT2D eigenvalue weighted by molar-refractivity contribution is 6.30. The first kappa shape index (κ1) is 19.6. The smallest absolute Gasteiger partial charge is 0.256 e. The first-order valence-corrected chi connectivity index (χ1v) is 8.97. The normalized spacial score (nSPS) is 10.6. The molecule has 0 spiro atoms. The Morgan fingerprint density at radius 2 is 2.00 bits per heavy atom. The van der Waals surface area contributed by atoms with Crippen molar-refractivity contribution < 1.29 is 9.18 Å². The van der Waals surface area contributed by atoms with Crippen molar-refractivity contribution >= 4 is 34.7 Å². The standard InChI is InChI=1S/C20H18ClFN4O2/c1-3-17-18(25-13-6-7-23-19(9-13)24-11(2)27)10-15(20(28)26-17)14-8-12(21)4-5-16(14)22/h4-10H,3H2,1-2H3,(H,26,28)(H2,23,24,25,27). The molecular formula is C20H18ClFN4O2. The van der Waals surface area contributed by atoms with E-state index in [1.807, 2.05) is 6.92 Å². The molecule has 0 fully saturated rings. The molecule has 144 valence electrons. The van der Waals surface area contributed by atoms with E-state index in [2.05, 4.69) is 20.6 Å². The molecule has 0 saturated heterocycles. The highest BCUT2D eigenvalue weighted by Crippen LogP contribution is 2.28. The van der Waals surface area contributed by atoms with Gasteiger partial charge in [-0.25, -0.2) is 9.37 Å². The number of anilines is 3. The summed E-state index contributed by atoms with van der Waals surface area (Å²) in [4.78, 5) is 30.6. The third kappa shape index (κ3) is 4.37. The monoisotopic (exact) mass is 400 g/mol. The molecule has 0 saturated carbocycles. The maximum absolute atomic E-state index is 14.3. The largest absolute Gasteiger partial charge is 0.354 e. The fourth-order valence-corrected chi connectivity index (χ4v) is 2.95. The van der Waals surface area contributed by atoms with Crippen LogP contribution in [0.15, 0.2) is 47.4 Å². The van der Waals surface area contributed by atoms with Crippen LogP contribution in [0.3, 0.4) is 0 Å². The van der Waals surface area contributed by atoms with Crippen LogP contribution < -0.4 is 16.2 Å². The van der Waals surface area contributed by atoms with E-state index < -0.39 is 11.4 Å². The quantitative estimate of drug-likeness (QED) is 0.588. The summed E-state index contributed by atoms with van der Waals surface area (Å²) in [6.45, 7) is 3.29. The molecule has 1 aromatic carbocycles. The van der Waals surface area contributed by atoms with Gasteiger partial charge in [-0.05, 0) is 36.8 Å². The number of aromatic amines is 1. The second-order valence-corrected chi connectivity index (χ2v) is 6.55. The van der Waals surface area contributed by atoms with Gasteiger partial charge in [-0.3, -0.25) is 9.59 Å². The van der Waals surface area contributed by atoms with E-state index >= 15 is 0 Å². The molecule has 6 nitrogen and oxygen atoms in total. The van der Waals surface area contributed by atoms with Crippen molar-refractivity contribution in [2.24, 2.45) is 0 Å². The Kier molecular flexibility index (Phi) is 5.75. The lowest BCUT2D eigenvalue weighted by atomic mass is 10.0. The minimum atomic E-state index is -0.540. The summed E-state index contributed by atoms with van der Waals surface area (Å²) in [6, 6.07) is 9.03. The van der Waals surface area contributed by atoms with Crippen molar-refractivity contribution in [1.82, 2.24) is 9.97 Å². The molecule has 0 aliphatic carbocycles. The molecule has 3 N–H and O–H groups in total. The predicted octanol–water partition coefficient (Wildman–Crippen LogP) is 4.49. The molecule has 0 atom stereocenters. The number of aryl methyl sites for hydroxylation is 1. The van der Waals surface area contributed by atoms with E-state index in [0.29, 0.717) is 34.3 Å². The molecule has 0 aliphatic heterocycles. The van der Waals surface area contributed by atoms with Crippen molar-refractivity contribution in [2.75, 3.05) is 10.6 Å². The molecule has 0 unspecified atom stereocenters. The van der Waals surface area contributed by atoms with E-state index in [0.717, 1.165) is 0 Å².